The number of hydrogen-bond donors (Lipinski definition) is 2. The summed E-state index contributed by atoms with van der Waals surface area (Å²) in [5.41, 5.74) is 3.30. The first-order valence-electron chi connectivity index (χ1n) is 8.60. The molecule has 0 unspecified atom stereocenters. The van der Waals surface area contributed by atoms with Gasteiger partial charge in [0, 0.05) is 28.9 Å². The summed E-state index contributed by atoms with van der Waals surface area (Å²) < 4.78 is 0. The Bertz CT molecular complexity index is 907. The van der Waals surface area contributed by atoms with Crippen LogP contribution in [-0.2, 0) is 0 Å². The van der Waals surface area contributed by atoms with Crippen molar-refractivity contribution in [1.82, 2.24) is 15.3 Å². The number of amides is 1. The van der Waals surface area contributed by atoms with Gasteiger partial charge in [-0.25, -0.2) is 9.97 Å². The minimum atomic E-state index is -0.0903. The van der Waals surface area contributed by atoms with Gasteiger partial charge in [-0.1, -0.05) is 36.4 Å². The highest BCUT2D eigenvalue weighted by Crippen LogP contribution is 2.22. The van der Waals surface area contributed by atoms with Gasteiger partial charge in [-0.3, -0.25) is 4.79 Å². The Balaban J connectivity index is 1.85. The average Bonchev–Trinajstić information content (AvgIpc) is 2.61. The molecule has 5 heteroatoms. The van der Waals surface area contributed by atoms with Crippen molar-refractivity contribution in [3.63, 3.8) is 0 Å². The fourth-order valence-electron chi connectivity index (χ4n) is 2.62. The Morgan fingerprint density at radius 2 is 1.73 bits per heavy atom. The quantitative estimate of drug-likeness (QED) is 0.721. The van der Waals surface area contributed by atoms with Gasteiger partial charge in [0.15, 0.2) is 0 Å². The van der Waals surface area contributed by atoms with Crippen molar-refractivity contribution < 1.29 is 4.79 Å². The first-order valence-corrected chi connectivity index (χ1v) is 8.60. The lowest BCUT2D eigenvalue weighted by Gasteiger charge is -2.11. The van der Waals surface area contributed by atoms with E-state index >= 15 is 0 Å². The Kier molecular flexibility index (Phi) is 5.27. The van der Waals surface area contributed by atoms with Crippen LogP contribution < -0.4 is 10.6 Å². The van der Waals surface area contributed by atoms with Crippen molar-refractivity contribution in [1.29, 1.82) is 0 Å². The molecule has 5 nitrogen and oxygen atoms in total. The van der Waals surface area contributed by atoms with Gasteiger partial charge in [0.1, 0.15) is 11.6 Å². The molecular formula is C21H22N4O. The SMILES string of the molecule is Cc1nc(Nc2cccc(C(=O)NC(C)C)c2)cc(-c2ccccc2)n1. The molecule has 0 fully saturated rings. The Morgan fingerprint density at radius 1 is 0.962 bits per heavy atom. The number of benzene rings is 2. The van der Waals surface area contributed by atoms with Crippen LogP contribution >= 0.6 is 0 Å². The molecule has 2 aromatic carbocycles. The van der Waals surface area contributed by atoms with E-state index in [0.29, 0.717) is 17.2 Å². The van der Waals surface area contributed by atoms with E-state index in [9.17, 15) is 4.79 Å². The summed E-state index contributed by atoms with van der Waals surface area (Å²) in [5.74, 6) is 1.29. The van der Waals surface area contributed by atoms with Gasteiger partial charge < -0.3 is 10.6 Å². The first kappa shape index (κ1) is 17.6. The Morgan fingerprint density at radius 3 is 2.46 bits per heavy atom. The second-order valence-corrected chi connectivity index (χ2v) is 6.39. The molecule has 2 N–H and O–H groups in total. The van der Waals surface area contributed by atoms with Gasteiger partial charge in [-0.15, -0.1) is 0 Å². The molecule has 0 saturated heterocycles. The smallest absolute Gasteiger partial charge is 0.251 e. The molecule has 26 heavy (non-hydrogen) atoms. The number of anilines is 2. The van der Waals surface area contributed by atoms with E-state index in [-0.39, 0.29) is 11.9 Å². The van der Waals surface area contributed by atoms with E-state index in [1.807, 2.05) is 75.4 Å². The molecule has 0 atom stereocenters. The maximum atomic E-state index is 12.2. The number of aryl methyl sites for hydroxylation is 1. The maximum absolute atomic E-state index is 12.2. The Labute approximate surface area is 153 Å². The van der Waals surface area contributed by atoms with Gasteiger partial charge in [-0.05, 0) is 39.0 Å². The number of hydrogen-bond acceptors (Lipinski definition) is 4. The second kappa shape index (κ2) is 7.78. The van der Waals surface area contributed by atoms with Crippen molar-refractivity contribution >= 4 is 17.4 Å². The first-order chi connectivity index (χ1) is 12.5. The van der Waals surface area contributed by atoms with Crippen molar-refractivity contribution in [2.75, 3.05) is 5.32 Å². The summed E-state index contributed by atoms with van der Waals surface area (Å²) in [6.07, 6.45) is 0. The zero-order valence-corrected chi connectivity index (χ0v) is 15.2. The molecule has 132 valence electrons. The summed E-state index contributed by atoms with van der Waals surface area (Å²) in [4.78, 5) is 21.2. The van der Waals surface area contributed by atoms with E-state index in [1.54, 1.807) is 6.07 Å². The molecule has 3 rings (SSSR count). The van der Waals surface area contributed by atoms with E-state index < -0.39 is 0 Å². The highest BCUT2D eigenvalue weighted by atomic mass is 16.1. The van der Waals surface area contributed by atoms with Crippen LogP contribution in [0.25, 0.3) is 11.3 Å². The molecule has 0 aliphatic heterocycles. The van der Waals surface area contributed by atoms with Gasteiger partial charge in [0.25, 0.3) is 5.91 Å². The summed E-state index contributed by atoms with van der Waals surface area (Å²) in [6, 6.07) is 19.3. The molecule has 0 bridgehead atoms. The Hall–Kier alpha value is -3.21. The van der Waals surface area contributed by atoms with Crippen LogP contribution in [0.3, 0.4) is 0 Å². The third kappa shape index (κ3) is 4.45. The van der Waals surface area contributed by atoms with Crippen LogP contribution in [0.2, 0.25) is 0 Å². The zero-order chi connectivity index (χ0) is 18.5. The fourth-order valence-corrected chi connectivity index (χ4v) is 2.62. The van der Waals surface area contributed by atoms with Crippen molar-refractivity contribution in [3.8, 4) is 11.3 Å². The predicted molar refractivity (Wildman–Crippen MR) is 105 cm³/mol. The number of aromatic nitrogens is 2. The van der Waals surface area contributed by atoms with E-state index in [4.69, 9.17) is 0 Å². The monoisotopic (exact) mass is 346 g/mol. The fraction of sp³-hybridized carbons (Fsp3) is 0.190. The van der Waals surface area contributed by atoms with Crippen LogP contribution in [0.1, 0.15) is 30.0 Å². The van der Waals surface area contributed by atoms with Crippen LogP contribution in [0.5, 0.6) is 0 Å². The van der Waals surface area contributed by atoms with E-state index in [2.05, 4.69) is 20.6 Å². The number of nitrogens with zero attached hydrogens (tertiary/aromatic N) is 2. The minimum absolute atomic E-state index is 0.0903. The minimum Gasteiger partial charge on any atom is -0.350 e. The molecular weight excluding hydrogens is 324 g/mol. The number of carbonyl (C=O) groups excluding carboxylic acids is 1. The lowest BCUT2D eigenvalue weighted by atomic mass is 10.1. The van der Waals surface area contributed by atoms with Gasteiger partial charge in [0.05, 0.1) is 5.69 Å². The highest BCUT2D eigenvalue weighted by molar-refractivity contribution is 5.95. The number of nitrogens with one attached hydrogen (secondary N) is 2. The molecule has 0 aliphatic carbocycles. The lowest BCUT2D eigenvalue weighted by Crippen LogP contribution is -2.30. The van der Waals surface area contributed by atoms with Crippen molar-refractivity contribution in [2.24, 2.45) is 0 Å². The van der Waals surface area contributed by atoms with E-state index in [0.717, 1.165) is 16.9 Å². The standard InChI is InChI=1S/C21H22N4O/c1-14(2)22-21(26)17-10-7-11-18(12-17)25-20-13-19(23-15(3)24-20)16-8-5-4-6-9-16/h4-14H,1-3H3,(H,22,26)(H,23,24,25). The van der Waals surface area contributed by atoms with Gasteiger partial charge >= 0.3 is 0 Å². The van der Waals surface area contributed by atoms with Crippen LogP contribution in [0.4, 0.5) is 11.5 Å². The third-order valence-corrected chi connectivity index (χ3v) is 3.72. The summed E-state index contributed by atoms with van der Waals surface area (Å²) in [5, 5.41) is 6.17. The molecule has 1 heterocycles. The normalized spacial score (nSPS) is 10.6. The molecule has 0 saturated carbocycles. The summed E-state index contributed by atoms with van der Waals surface area (Å²) in [6.45, 7) is 5.74. The van der Waals surface area contributed by atoms with Crippen molar-refractivity contribution in [3.05, 3.63) is 72.1 Å². The van der Waals surface area contributed by atoms with Crippen molar-refractivity contribution in [2.45, 2.75) is 26.8 Å². The zero-order valence-electron chi connectivity index (χ0n) is 15.2. The second-order valence-electron chi connectivity index (χ2n) is 6.39. The van der Waals surface area contributed by atoms with Gasteiger partial charge in [-0.2, -0.15) is 0 Å². The maximum Gasteiger partial charge on any atom is 0.251 e. The average molecular weight is 346 g/mol. The number of carbonyl (C=O) groups is 1. The summed E-state index contributed by atoms with van der Waals surface area (Å²) >= 11 is 0. The lowest BCUT2D eigenvalue weighted by molar-refractivity contribution is 0.0943. The van der Waals surface area contributed by atoms with Gasteiger partial charge in [0.2, 0.25) is 0 Å². The third-order valence-electron chi connectivity index (χ3n) is 3.72. The van der Waals surface area contributed by atoms with Crippen LogP contribution in [-0.4, -0.2) is 21.9 Å². The molecule has 1 aromatic heterocycles. The molecule has 3 aromatic rings. The topological polar surface area (TPSA) is 66.9 Å². The summed E-state index contributed by atoms with van der Waals surface area (Å²) in [7, 11) is 0. The van der Waals surface area contributed by atoms with E-state index in [1.165, 1.54) is 0 Å². The van der Waals surface area contributed by atoms with Crippen LogP contribution in [0.15, 0.2) is 60.7 Å². The predicted octanol–water partition coefficient (Wildman–Crippen LogP) is 4.33. The molecule has 0 spiro atoms. The number of rotatable bonds is 5. The molecule has 0 radical (unpaired) electrons. The molecule has 1 amide bonds. The molecule has 0 aliphatic rings. The van der Waals surface area contributed by atoms with Crippen LogP contribution in [0, 0.1) is 6.92 Å². The largest absolute Gasteiger partial charge is 0.350 e. The highest BCUT2D eigenvalue weighted by Gasteiger charge is 2.09.